The van der Waals surface area contributed by atoms with E-state index >= 15 is 0 Å². The number of carbonyl (C=O) groups is 2. The molecule has 4 nitrogen and oxygen atoms in total. The number of ether oxygens (including phenoxy) is 1. The van der Waals surface area contributed by atoms with E-state index in [-0.39, 0.29) is 11.7 Å². The Morgan fingerprint density at radius 3 is 2.35 bits per heavy atom. The zero-order valence-electron chi connectivity index (χ0n) is 13.6. The van der Waals surface area contributed by atoms with Crippen LogP contribution in [0.5, 0.6) is 0 Å². The molecule has 120 valence electrons. The average Bonchev–Trinajstić information content (AvgIpc) is 2.52. The SMILES string of the molecule is CCOC1(NC(=O)/C=C/c2ccccc2)C(C)=CC(=O)C=C1C. The fourth-order valence-electron chi connectivity index (χ4n) is 2.61. The van der Waals surface area contributed by atoms with Crippen molar-refractivity contribution in [3.05, 3.63) is 65.3 Å². The largest absolute Gasteiger partial charge is 0.348 e. The van der Waals surface area contributed by atoms with Crippen LogP contribution in [0.3, 0.4) is 0 Å². The van der Waals surface area contributed by atoms with Gasteiger partial charge in [0.2, 0.25) is 5.91 Å². The zero-order chi connectivity index (χ0) is 16.9. The van der Waals surface area contributed by atoms with Gasteiger partial charge in [0.05, 0.1) is 0 Å². The lowest BCUT2D eigenvalue weighted by Crippen LogP contribution is -2.53. The topological polar surface area (TPSA) is 55.4 Å². The molecule has 1 amide bonds. The number of nitrogens with one attached hydrogen (secondary N) is 1. The highest BCUT2D eigenvalue weighted by Gasteiger charge is 2.38. The first-order valence-electron chi connectivity index (χ1n) is 7.58. The van der Waals surface area contributed by atoms with Crippen molar-refractivity contribution in [2.45, 2.75) is 26.5 Å². The van der Waals surface area contributed by atoms with Gasteiger partial charge in [-0.1, -0.05) is 30.3 Å². The molecule has 1 aliphatic carbocycles. The molecular formula is C19H21NO3. The van der Waals surface area contributed by atoms with Crippen molar-refractivity contribution in [1.29, 1.82) is 0 Å². The lowest BCUT2D eigenvalue weighted by atomic mass is 9.89. The van der Waals surface area contributed by atoms with Gasteiger partial charge in [-0.15, -0.1) is 0 Å². The molecule has 0 radical (unpaired) electrons. The van der Waals surface area contributed by atoms with E-state index in [1.165, 1.54) is 18.2 Å². The Hall–Kier alpha value is -2.46. The van der Waals surface area contributed by atoms with Crippen LogP contribution in [0.2, 0.25) is 0 Å². The molecule has 0 atom stereocenters. The van der Waals surface area contributed by atoms with Crippen molar-refractivity contribution >= 4 is 17.8 Å². The third-order valence-electron chi connectivity index (χ3n) is 3.71. The number of amides is 1. The van der Waals surface area contributed by atoms with Crippen molar-refractivity contribution in [2.24, 2.45) is 0 Å². The van der Waals surface area contributed by atoms with Crippen LogP contribution in [0.4, 0.5) is 0 Å². The highest BCUT2D eigenvalue weighted by molar-refractivity contribution is 6.02. The minimum absolute atomic E-state index is 0.0931. The summed E-state index contributed by atoms with van der Waals surface area (Å²) in [4.78, 5) is 24.0. The number of hydrogen-bond acceptors (Lipinski definition) is 3. The molecule has 0 aliphatic heterocycles. The molecule has 0 aromatic heterocycles. The molecule has 4 heteroatoms. The molecule has 0 bridgehead atoms. The quantitative estimate of drug-likeness (QED) is 0.672. The summed E-state index contributed by atoms with van der Waals surface area (Å²) in [5, 5.41) is 2.89. The number of ketones is 1. The molecule has 23 heavy (non-hydrogen) atoms. The molecule has 0 fully saturated rings. The molecule has 0 unspecified atom stereocenters. The Kier molecular flexibility index (Phi) is 5.29. The van der Waals surface area contributed by atoms with Gasteiger partial charge in [-0.2, -0.15) is 0 Å². The van der Waals surface area contributed by atoms with E-state index in [9.17, 15) is 9.59 Å². The van der Waals surface area contributed by atoms with Gasteiger partial charge in [0, 0.05) is 12.7 Å². The first-order valence-corrected chi connectivity index (χ1v) is 7.58. The average molecular weight is 311 g/mol. The van der Waals surface area contributed by atoms with Gasteiger partial charge in [-0.25, -0.2) is 0 Å². The summed E-state index contributed by atoms with van der Waals surface area (Å²) in [5.74, 6) is -0.374. The van der Waals surface area contributed by atoms with Crippen LogP contribution in [-0.2, 0) is 14.3 Å². The summed E-state index contributed by atoms with van der Waals surface area (Å²) in [7, 11) is 0. The van der Waals surface area contributed by atoms with E-state index in [2.05, 4.69) is 5.32 Å². The molecule has 2 rings (SSSR count). The summed E-state index contributed by atoms with van der Waals surface area (Å²) in [6.07, 6.45) is 6.18. The van der Waals surface area contributed by atoms with Crippen molar-refractivity contribution in [3.8, 4) is 0 Å². The first-order chi connectivity index (χ1) is 11.0. The summed E-state index contributed by atoms with van der Waals surface area (Å²) in [6, 6.07) is 9.57. The van der Waals surface area contributed by atoms with Gasteiger partial charge in [-0.05, 0) is 55.7 Å². The molecular weight excluding hydrogens is 290 g/mol. The number of carbonyl (C=O) groups excluding carboxylic acids is 2. The molecule has 0 heterocycles. The van der Waals surface area contributed by atoms with E-state index in [0.717, 1.165) is 5.56 Å². The maximum absolute atomic E-state index is 12.3. The second-order valence-electron chi connectivity index (χ2n) is 5.40. The van der Waals surface area contributed by atoms with Crippen LogP contribution in [0, 0.1) is 0 Å². The predicted molar refractivity (Wildman–Crippen MR) is 90.5 cm³/mol. The summed E-state index contributed by atoms with van der Waals surface area (Å²) < 4.78 is 5.81. The van der Waals surface area contributed by atoms with E-state index in [1.54, 1.807) is 19.9 Å². The Morgan fingerprint density at radius 2 is 1.78 bits per heavy atom. The Morgan fingerprint density at radius 1 is 1.17 bits per heavy atom. The second-order valence-corrected chi connectivity index (χ2v) is 5.40. The molecule has 1 aromatic rings. The lowest BCUT2D eigenvalue weighted by molar-refractivity contribution is -0.124. The van der Waals surface area contributed by atoms with Crippen LogP contribution in [-0.4, -0.2) is 24.0 Å². The number of hydrogen-bond donors (Lipinski definition) is 1. The van der Waals surface area contributed by atoms with Crippen molar-refractivity contribution in [1.82, 2.24) is 5.32 Å². The van der Waals surface area contributed by atoms with E-state index in [1.807, 2.05) is 37.3 Å². The fourth-order valence-corrected chi connectivity index (χ4v) is 2.61. The Labute approximate surface area is 136 Å². The number of benzene rings is 1. The number of rotatable bonds is 5. The zero-order valence-corrected chi connectivity index (χ0v) is 13.6. The van der Waals surface area contributed by atoms with Crippen LogP contribution >= 0.6 is 0 Å². The highest BCUT2D eigenvalue weighted by atomic mass is 16.5. The van der Waals surface area contributed by atoms with E-state index in [0.29, 0.717) is 17.8 Å². The minimum atomic E-state index is -1.05. The van der Waals surface area contributed by atoms with E-state index < -0.39 is 5.72 Å². The molecule has 0 spiro atoms. The van der Waals surface area contributed by atoms with Crippen molar-refractivity contribution in [3.63, 3.8) is 0 Å². The van der Waals surface area contributed by atoms with Crippen molar-refractivity contribution < 1.29 is 14.3 Å². The van der Waals surface area contributed by atoms with Gasteiger partial charge < -0.3 is 10.1 Å². The monoisotopic (exact) mass is 311 g/mol. The molecule has 0 saturated heterocycles. The standard InChI is InChI=1S/C19H21NO3/c1-4-23-19(14(2)12-17(21)13-15(19)3)20-18(22)11-10-16-8-6-5-7-9-16/h5-13H,4H2,1-3H3,(H,20,22)/b11-10+. The van der Waals surface area contributed by atoms with Crippen LogP contribution in [0.1, 0.15) is 26.3 Å². The molecule has 1 N–H and O–H groups in total. The molecule has 1 aliphatic rings. The van der Waals surface area contributed by atoms with E-state index in [4.69, 9.17) is 4.74 Å². The molecule has 1 aromatic carbocycles. The summed E-state index contributed by atoms with van der Waals surface area (Å²) in [6.45, 7) is 5.83. The maximum atomic E-state index is 12.3. The minimum Gasteiger partial charge on any atom is -0.348 e. The lowest BCUT2D eigenvalue weighted by Gasteiger charge is -2.37. The fraction of sp³-hybridized carbons (Fsp3) is 0.263. The van der Waals surface area contributed by atoms with Crippen LogP contribution in [0.15, 0.2) is 59.7 Å². The Balaban J connectivity index is 2.21. The highest BCUT2D eigenvalue weighted by Crippen LogP contribution is 2.30. The van der Waals surface area contributed by atoms with Crippen LogP contribution in [0.25, 0.3) is 6.08 Å². The summed E-state index contributed by atoms with van der Waals surface area (Å²) >= 11 is 0. The maximum Gasteiger partial charge on any atom is 0.246 e. The summed E-state index contributed by atoms with van der Waals surface area (Å²) in [5.41, 5.74) is 1.23. The third-order valence-corrected chi connectivity index (χ3v) is 3.71. The van der Waals surface area contributed by atoms with Gasteiger partial charge in [-0.3, -0.25) is 9.59 Å². The van der Waals surface area contributed by atoms with Crippen LogP contribution < -0.4 is 5.32 Å². The smallest absolute Gasteiger partial charge is 0.246 e. The predicted octanol–water partition coefficient (Wildman–Crippen LogP) is 3.02. The van der Waals surface area contributed by atoms with Gasteiger partial charge in [0.1, 0.15) is 0 Å². The first kappa shape index (κ1) is 16.9. The van der Waals surface area contributed by atoms with Gasteiger partial charge >= 0.3 is 0 Å². The van der Waals surface area contributed by atoms with Crippen molar-refractivity contribution in [2.75, 3.05) is 6.61 Å². The third kappa shape index (κ3) is 3.85. The Bertz CT molecular complexity index is 662. The normalized spacial score (nSPS) is 16.9. The number of allylic oxidation sites excluding steroid dienone is 2. The second kappa shape index (κ2) is 7.20. The van der Waals surface area contributed by atoms with Gasteiger partial charge in [0.15, 0.2) is 11.5 Å². The van der Waals surface area contributed by atoms with Gasteiger partial charge in [0.25, 0.3) is 0 Å². The molecule has 0 saturated carbocycles.